The van der Waals surface area contributed by atoms with E-state index < -0.39 is 0 Å². The molecule has 1 heterocycles. The van der Waals surface area contributed by atoms with Crippen LogP contribution in [-0.4, -0.2) is 4.98 Å². The maximum atomic E-state index is 5.71. The maximum absolute atomic E-state index is 5.71. The largest absolute Gasteiger partial charge is 0.397 e. The van der Waals surface area contributed by atoms with Gasteiger partial charge in [-0.25, -0.2) is 4.98 Å². The van der Waals surface area contributed by atoms with Crippen molar-refractivity contribution in [3.63, 3.8) is 0 Å². The van der Waals surface area contributed by atoms with Crippen LogP contribution in [0.1, 0.15) is 0 Å². The lowest BCUT2D eigenvalue weighted by Gasteiger charge is -2.07. The van der Waals surface area contributed by atoms with Gasteiger partial charge in [0.2, 0.25) is 0 Å². The molecule has 0 unspecified atom stereocenters. The summed E-state index contributed by atoms with van der Waals surface area (Å²) in [5, 5.41) is 0. The van der Waals surface area contributed by atoms with E-state index in [0.29, 0.717) is 11.4 Å². The van der Waals surface area contributed by atoms with E-state index in [1.807, 2.05) is 30.3 Å². The second kappa shape index (κ2) is 3.49. The zero-order valence-corrected chi connectivity index (χ0v) is 8.14. The van der Waals surface area contributed by atoms with Crippen molar-refractivity contribution in [2.24, 2.45) is 0 Å². The van der Waals surface area contributed by atoms with Crippen molar-refractivity contribution in [2.45, 2.75) is 0 Å². The molecule has 0 atom stereocenters. The summed E-state index contributed by atoms with van der Waals surface area (Å²) in [6.45, 7) is 0. The summed E-state index contributed by atoms with van der Waals surface area (Å²) in [7, 11) is 0. The summed E-state index contributed by atoms with van der Waals surface area (Å²) >= 11 is 0. The highest BCUT2D eigenvalue weighted by Crippen LogP contribution is 2.26. The summed E-state index contributed by atoms with van der Waals surface area (Å²) < 4.78 is 0. The predicted octanol–water partition coefficient (Wildman–Crippen LogP) is 1.50. The molecule has 6 N–H and O–H groups in total. The van der Waals surface area contributed by atoms with E-state index in [1.165, 1.54) is 0 Å². The van der Waals surface area contributed by atoms with Crippen LogP contribution in [0.4, 0.5) is 17.2 Å². The summed E-state index contributed by atoms with van der Waals surface area (Å²) in [5.41, 5.74) is 19.5. The number of hydrogen-bond donors (Lipinski definition) is 3. The van der Waals surface area contributed by atoms with E-state index in [-0.39, 0.29) is 5.82 Å². The van der Waals surface area contributed by atoms with Crippen LogP contribution in [0.2, 0.25) is 0 Å². The van der Waals surface area contributed by atoms with Crippen molar-refractivity contribution >= 4 is 17.2 Å². The number of pyridine rings is 1. The first-order chi connectivity index (χ1) is 7.18. The Morgan fingerprint density at radius 3 is 2.20 bits per heavy atom. The predicted molar refractivity (Wildman–Crippen MR) is 62.9 cm³/mol. The molecule has 4 heteroatoms. The Labute approximate surface area is 87.7 Å². The fourth-order valence-electron chi connectivity index (χ4n) is 1.35. The number of aromatic nitrogens is 1. The van der Waals surface area contributed by atoms with Gasteiger partial charge in [-0.1, -0.05) is 30.3 Å². The SMILES string of the molecule is Nc1cc(-c2ccccc2)nc(N)c1N. The summed E-state index contributed by atoms with van der Waals surface area (Å²) in [6, 6.07) is 11.4. The summed E-state index contributed by atoms with van der Waals surface area (Å²) in [5.74, 6) is 0.272. The normalized spacial score (nSPS) is 10.1. The van der Waals surface area contributed by atoms with Gasteiger partial charge in [-0.05, 0) is 6.07 Å². The first-order valence-electron chi connectivity index (χ1n) is 4.55. The van der Waals surface area contributed by atoms with E-state index in [2.05, 4.69) is 4.98 Å². The standard InChI is InChI=1S/C11H12N4/c12-8-6-9(15-11(14)10(8)13)7-4-2-1-3-5-7/h1-6H,13H2,(H4,12,14,15). The zero-order valence-electron chi connectivity index (χ0n) is 8.14. The Bertz CT molecular complexity index is 456. The number of rotatable bonds is 1. The van der Waals surface area contributed by atoms with Crippen LogP contribution in [0.25, 0.3) is 11.3 Å². The van der Waals surface area contributed by atoms with E-state index in [0.717, 1.165) is 11.3 Å². The molecule has 76 valence electrons. The van der Waals surface area contributed by atoms with Gasteiger partial charge in [0.15, 0.2) is 0 Å². The smallest absolute Gasteiger partial charge is 0.149 e. The number of hydrogen-bond acceptors (Lipinski definition) is 4. The van der Waals surface area contributed by atoms with Gasteiger partial charge in [-0.2, -0.15) is 0 Å². The van der Waals surface area contributed by atoms with Crippen LogP contribution in [0, 0.1) is 0 Å². The molecule has 4 nitrogen and oxygen atoms in total. The van der Waals surface area contributed by atoms with Gasteiger partial charge in [0.05, 0.1) is 17.1 Å². The van der Waals surface area contributed by atoms with Crippen LogP contribution in [0.5, 0.6) is 0 Å². The molecular weight excluding hydrogens is 188 g/mol. The summed E-state index contributed by atoms with van der Waals surface area (Å²) in [6.07, 6.45) is 0. The number of nitrogens with two attached hydrogens (primary N) is 3. The highest BCUT2D eigenvalue weighted by atomic mass is 14.9. The number of nitrogen functional groups attached to an aromatic ring is 3. The van der Waals surface area contributed by atoms with Crippen LogP contribution < -0.4 is 17.2 Å². The molecule has 0 saturated heterocycles. The molecule has 0 saturated carbocycles. The van der Waals surface area contributed by atoms with E-state index in [9.17, 15) is 0 Å². The Hall–Kier alpha value is -2.23. The lowest BCUT2D eigenvalue weighted by Crippen LogP contribution is -2.03. The average Bonchev–Trinajstić information content (AvgIpc) is 2.26. The van der Waals surface area contributed by atoms with Crippen molar-refractivity contribution in [1.29, 1.82) is 0 Å². The van der Waals surface area contributed by atoms with E-state index >= 15 is 0 Å². The van der Waals surface area contributed by atoms with Crippen molar-refractivity contribution in [2.75, 3.05) is 17.2 Å². The van der Waals surface area contributed by atoms with Gasteiger partial charge in [-0.15, -0.1) is 0 Å². The topological polar surface area (TPSA) is 90.9 Å². The van der Waals surface area contributed by atoms with Crippen molar-refractivity contribution in [3.8, 4) is 11.3 Å². The number of anilines is 3. The second-order valence-electron chi connectivity index (χ2n) is 3.26. The Morgan fingerprint density at radius 2 is 1.60 bits per heavy atom. The van der Waals surface area contributed by atoms with E-state index in [4.69, 9.17) is 17.2 Å². The van der Waals surface area contributed by atoms with Gasteiger partial charge in [-0.3, -0.25) is 0 Å². The highest BCUT2D eigenvalue weighted by molar-refractivity contribution is 5.79. The molecular formula is C11H12N4. The molecule has 1 aromatic heterocycles. The van der Waals surface area contributed by atoms with Gasteiger partial charge in [0.1, 0.15) is 5.82 Å². The third kappa shape index (κ3) is 1.69. The fourth-order valence-corrected chi connectivity index (χ4v) is 1.35. The van der Waals surface area contributed by atoms with Gasteiger partial charge >= 0.3 is 0 Å². The molecule has 0 amide bonds. The third-order valence-corrected chi connectivity index (χ3v) is 2.19. The van der Waals surface area contributed by atoms with Crippen molar-refractivity contribution < 1.29 is 0 Å². The lowest BCUT2D eigenvalue weighted by molar-refractivity contribution is 1.34. The van der Waals surface area contributed by atoms with Crippen LogP contribution in [0.3, 0.4) is 0 Å². The average molecular weight is 200 g/mol. The molecule has 2 aromatic rings. The quantitative estimate of drug-likeness (QED) is 0.650. The minimum atomic E-state index is 0.272. The molecule has 0 aliphatic rings. The van der Waals surface area contributed by atoms with Crippen LogP contribution >= 0.6 is 0 Å². The molecule has 0 aliphatic carbocycles. The molecule has 0 fully saturated rings. The lowest BCUT2D eigenvalue weighted by atomic mass is 10.1. The molecule has 15 heavy (non-hydrogen) atoms. The molecule has 0 aliphatic heterocycles. The Kier molecular flexibility index (Phi) is 2.17. The molecule has 0 spiro atoms. The summed E-state index contributed by atoms with van der Waals surface area (Å²) in [4.78, 5) is 4.18. The second-order valence-corrected chi connectivity index (χ2v) is 3.26. The first kappa shape index (κ1) is 9.33. The van der Waals surface area contributed by atoms with Gasteiger partial charge in [0, 0.05) is 5.56 Å². The molecule has 1 aromatic carbocycles. The zero-order chi connectivity index (χ0) is 10.8. The van der Waals surface area contributed by atoms with Crippen molar-refractivity contribution in [1.82, 2.24) is 4.98 Å². The highest BCUT2D eigenvalue weighted by Gasteiger charge is 2.05. The molecule has 0 bridgehead atoms. The van der Waals surface area contributed by atoms with Crippen LogP contribution in [0.15, 0.2) is 36.4 Å². The molecule has 0 radical (unpaired) electrons. The van der Waals surface area contributed by atoms with E-state index in [1.54, 1.807) is 6.07 Å². The first-order valence-corrected chi connectivity index (χ1v) is 4.55. The van der Waals surface area contributed by atoms with Gasteiger partial charge in [0.25, 0.3) is 0 Å². The third-order valence-electron chi connectivity index (χ3n) is 2.19. The minimum absolute atomic E-state index is 0.272. The minimum Gasteiger partial charge on any atom is -0.397 e. The monoisotopic (exact) mass is 200 g/mol. The van der Waals surface area contributed by atoms with Crippen LogP contribution in [-0.2, 0) is 0 Å². The Balaban J connectivity index is 2.56. The number of benzene rings is 1. The maximum Gasteiger partial charge on any atom is 0.149 e. The fraction of sp³-hybridized carbons (Fsp3) is 0. The Morgan fingerprint density at radius 1 is 0.933 bits per heavy atom. The molecule has 2 rings (SSSR count). The van der Waals surface area contributed by atoms with Crippen molar-refractivity contribution in [3.05, 3.63) is 36.4 Å². The van der Waals surface area contributed by atoms with Gasteiger partial charge < -0.3 is 17.2 Å². The number of nitrogens with zero attached hydrogens (tertiary/aromatic N) is 1.